The van der Waals surface area contributed by atoms with Gasteiger partial charge in [-0.05, 0) is 12.8 Å². The summed E-state index contributed by atoms with van der Waals surface area (Å²) in [5, 5.41) is 0. The molecule has 2 aliphatic rings. The normalized spacial score (nSPS) is 19.7. The van der Waals surface area contributed by atoms with E-state index >= 15 is 0 Å². The Morgan fingerprint density at radius 1 is 1.26 bits per heavy atom. The zero-order valence-corrected chi connectivity index (χ0v) is 11.6. The molecule has 3 rings (SSSR count). The average molecular weight is 260 g/mol. The standard InChI is InChI=1S/C14H20N4O/c1-17(2)14-15-8-11-12(16-14)9-18(13(11)19)10-6-4-3-5-7-10/h8,10H,3-7,9H2,1-2H3. The van der Waals surface area contributed by atoms with Gasteiger partial charge in [0.05, 0.1) is 17.8 Å². The van der Waals surface area contributed by atoms with Crippen LogP contribution < -0.4 is 4.90 Å². The van der Waals surface area contributed by atoms with E-state index in [1.54, 1.807) is 6.20 Å². The summed E-state index contributed by atoms with van der Waals surface area (Å²) in [6, 6.07) is 0.401. The third-order valence-corrected chi connectivity index (χ3v) is 4.08. The highest BCUT2D eigenvalue weighted by molar-refractivity contribution is 5.97. The summed E-state index contributed by atoms with van der Waals surface area (Å²) in [6.45, 7) is 0.655. The van der Waals surface area contributed by atoms with Gasteiger partial charge in [-0.1, -0.05) is 19.3 Å². The number of carbonyl (C=O) groups excluding carboxylic acids is 1. The molecule has 0 atom stereocenters. The van der Waals surface area contributed by atoms with E-state index in [0.717, 1.165) is 18.5 Å². The molecule has 0 spiro atoms. The first kappa shape index (κ1) is 12.4. The van der Waals surface area contributed by atoms with E-state index in [9.17, 15) is 4.79 Å². The summed E-state index contributed by atoms with van der Waals surface area (Å²) < 4.78 is 0. The molecule has 102 valence electrons. The van der Waals surface area contributed by atoms with E-state index in [2.05, 4.69) is 9.97 Å². The van der Waals surface area contributed by atoms with E-state index < -0.39 is 0 Å². The Morgan fingerprint density at radius 3 is 2.68 bits per heavy atom. The van der Waals surface area contributed by atoms with Crippen molar-refractivity contribution in [1.82, 2.24) is 14.9 Å². The summed E-state index contributed by atoms with van der Waals surface area (Å²) >= 11 is 0. The van der Waals surface area contributed by atoms with Crippen LogP contribution in [0.3, 0.4) is 0 Å². The molecule has 1 saturated carbocycles. The Hall–Kier alpha value is -1.65. The van der Waals surface area contributed by atoms with Crippen molar-refractivity contribution in [1.29, 1.82) is 0 Å². The van der Waals surface area contributed by atoms with E-state index in [4.69, 9.17) is 0 Å². The first-order valence-corrected chi connectivity index (χ1v) is 7.01. The fourth-order valence-electron chi connectivity index (χ4n) is 3.00. The van der Waals surface area contributed by atoms with Gasteiger partial charge in [0.15, 0.2) is 0 Å². The summed E-state index contributed by atoms with van der Waals surface area (Å²) in [6.07, 6.45) is 7.72. The molecule has 5 nitrogen and oxygen atoms in total. The maximum absolute atomic E-state index is 12.4. The molecule has 5 heteroatoms. The predicted octanol–water partition coefficient (Wildman–Crippen LogP) is 1.83. The Kier molecular flexibility index (Phi) is 3.12. The molecule has 19 heavy (non-hydrogen) atoms. The highest BCUT2D eigenvalue weighted by Gasteiger charge is 2.34. The maximum atomic E-state index is 12.4. The first-order chi connectivity index (χ1) is 9.16. The van der Waals surface area contributed by atoms with Gasteiger partial charge in [-0.15, -0.1) is 0 Å². The van der Waals surface area contributed by atoms with Gasteiger partial charge in [0.1, 0.15) is 0 Å². The molecule has 0 N–H and O–H groups in total. The monoisotopic (exact) mass is 260 g/mol. The Balaban J connectivity index is 1.84. The summed E-state index contributed by atoms with van der Waals surface area (Å²) in [4.78, 5) is 25.0. The van der Waals surface area contributed by atoms with Gasteiger partial charge in [0, 0.05) is 26.3 Å². The molecule has 0 aromatic carbocycles. The van der Waals surface area contributed by atoms with Crippen molar-refractivity contribution in [2.45, 2.75) is 44.7 Å². The molecule has 0 radical (unpaired) electrons. The number of aromatic nitrogens is 2. The van der Waals surface area contributed by atoms with Crippen molar-refractivity contribution >= 4 is 11.9 Å². The van der Waals surface area contributed by atoms with Crippen LogP contribution in [0.4, 0.5) is 5.95 Å². The lowest BCUT2D eigenvalue weighted by atomic mass is 9.94. The summed E-state index contributed by atoms with van der Waals surface area (Å²) in [5.41, 5.74) is 1.57. The number of anilines is 1. The topological polar surface area (TPSA) is 49.3 Å². The molecular formula is C14H20N4O. The van der Waals surface area contributed by atoms with Gasteiger partial charge in [-0.3, -0.25) is 4.79 Å². The Morgan fingerprint density at radius 2 is 2.00 bits per heavy atom. The number of nitrogens with zero attached hydrogens (tertiary/aromatic N) is 4. The number of rotatable bonds is 2. The van der Waals surface area contributed by atoms with E-state index in [0.29, 0.717) is 24.1 Å². The zero-order valence-electron chi connectivity index (χ0n) is 11.6. The number of fused-ring (bicyclic) bond motifs is 1. The van der Waals surface area contributed by atoms with Gasteiger partial charge in [0.25, 0.3) is 5.91 Å². The van der Waals surface area contributed by atoms with E-state index in [1.807, 2.05) is 23.9 Å². The van der Waals surface area contributed by atoms with Crippen molar-refractivity contribution in [3.63, 3.8) is 0 Å². The summed E-state index contributed by atoms with van der Waals surface area (Å²) in [5.74, 6) is 0.796. The second kappa shape index (κ2) is 4.79. The molecular weight excluding hydrogens is 240 g/mol. The van der Waals surface area contributed by atoms with Crippen LogP contribution in [0, 0.1) is 0 Å². The van der Waals surface area contributed by atoms with Crippen molar-refractivity contribution in [3.05, 3.63) is 17.5 Å². The first-order valence-electron chi connectivity index (χ1n) is 7.01. The van der Waals surface area contributed by atoms with Crippen molar-refractivity contribution < 1.29 is 4.79 Å². The molecule has 0 bridgehead atoms. The average Bonchev–Trinajstić information content (AvgIpc) is 2.76. The number of hydrogen-bond donors (Lipinski definition) is 0. The molecule has 1 aromatic rings. The maximum Gasteiger partial charge on any atom is 0.257 e. The second-order valence-electron chi connectivity index (χ2n) is 5.65. The van der Waals surface area contributed by atoms with Gasteiger partial charge in [0.2, 0.25) is 5.95 Å². The van der Waals surface area contributed by atoms with Crippen LogP contribution in [0.5, 0.6) is 0 Å². The van der Waals surface area contributed by atoms with Gasteiger partial charge >= 0.3 is 0 Å². The van der Waals surface area contributed by atoms with Crippen LogP contribution in [0.25, 0.3) is 0 Å². The Bertz CT molecular complexity index is 494. The fourth-order valence-corrected chi connectivity index (χ4v) is 3.00. The molecule has 1 aliphatic carbocycles. The SMILES string of the molecule is CN(C)c1ncc2c(n1)CN(C1CCCCC1)C2=O. The van der Waals surface area contributed by atoms with Crippen LogP contribution in [0.1, 0.15) is 48.2 Å². The number of amides is 1. The molecule has 0 unspecified atom stereocenters. The summed E-state index contributed by atoms with van der Waals surface area (Å²) in [7, 11) is 3.83. The molecule has 1 aromatic heterocycles. The fraction of sp³-hybridized carbons (Fsp3) is 0.643. The largest absolute Gasteiger partial charge is 0.347 e. The highest BCUT2D eigenvalue weighted by atomic mass is 16.2. The quantitative estimate of drug-likeness (QED) is 0.814. The van der Waals surface area contributed by atoms with E-state index in [1.165, 1.54) is 19.3 Å². The highest BCUT2D eigenvalue weighted by Crippen LogP contribution is 2.30. The molecule has 1 aliphatic heterocycles. The molecule has 1 amide bonds. The van der Waals surface area contributed by atoms with Crippen LogP contribution in [-0.4, -0.2) is 40.9 Å². The smallest absolute Gasteiger partial charge is 0.257 e. The third kappa shape index (κ3) is 2.17. The Labute approximate surface area is 113 Å². The van der Waals surface area contributed by atoms with Crippen LogP contribution >= 0.6 is 0 Å². The van der Waals surface area contributed by atoms with E-state index in [-0.39, 0.29) is 5.91 Å². The van der Waals surface area contributed by atoms with Crippen molar-refractivity contribution in [2.24, 2.45) is 0 Å². The second-order valence-corrected chi connectivity index (χ2v) is 5.65. The number of hydrogen-bond acceptors (Lipinski definition) is 4. The van der Waals surface area contributed by atoms with Crippen LogP contribution in [0.2, 0.25) is 0 Å². The van der Waals surface area contributed by atoms with Gasteiger partial charge in [-0.2, -0.15) is 0 Å². The molecule has 0 saturated heterocycles. The van der Waals surface area contributed by atoms with Crippen LogP contribution in [0.15, 0.2) is 6.20 Å². The van der Waals surface area contributed by atoms with Crippen molar-refractivity contribution in [3.8, 4) is 0 Å². The lowest BCUT2D eigenvalue weighted by Crippen LogP contribution is -2.36. The minimum Gasteiger partial charge on any atom is -0.347 e. The lowest BCUT2D eigenvalue weighted by Gasteiger charge is -2.30. The number of carbonyl (C=O) groups is 1. The zero-order chi connectivity index (χ0) is 13.4. The van der Waals surface area contributed by atoms with Crippen LogP contribution in [-0.2, 0) is 6.54 Å². The predicted molar refractivity (Wildman–Crippen MR) is 73.1 cm³/mol. The van der Waals surface area contributed by atoms with Gasteiger partial charge < -0.3 is 9.80 Å². The minimum atomic E-state index is 0.118. The lowest BCUT2D eigenvalue weighted by molar-refractivity contribution is 0.0659. The third-order valence-electron chi connectivity index (χ3n) is 4.08. The minimum absolute atomic E-state index is 0.118. The van der Waals surface area contributed by atoms with Gasteiger partial charge in [-0.25, -0.2) is 9.97 Å². The van der Waals surface area contributed by atoms with Crippen molar-refractivity contribution in [2.75, 3.05) is 19.0 Å². The molecule has 1 fully saturated rings. The molecule has 2 heterocycles.